The molecule has 0 aliphatic carbocycles. The van der Waals surface area contributed by atoms with Crippen molar-refractivity contribution in [2.45, 2.75) is 77.0 Å². The minimum atomic E-state index is -0.777. The van der Waals surface area contributed by atoms with Crippen LogP contribution in [0.15, 0.2) is 72.8 Å². The van der Waals surface area contributed by atoms with Crippen molar-refractivity contribution in [1.82, 2.24) is 4.90 Å². The summed E-state index contributed by atoms with van der Waals surface area (Å²) in [7, 11) is 0. The smallest absolute Gasteiger partial charge is 0.306 e. The third-order valence-electron chi connectivity index (χ3n) is 6.90. The number of ether oxygens (including phenoxy) is 1. The molecule has 3 rings (SSSR count). The molecule has 0 aromatic heterocycles. The molecule has 4 N–H and O–H groups in total. The molecule has 3 aromatic carbocycles. The van der Waals surface area contributed by atoms with Gasteiger partial charge in [-0.05, 0) is 47.6 Å². The van der Waals surface area contributed by atoms with Crippen LogP contribution >= 0.6 is 0 Å². The molecule has 0 spiro atoms. The minimum absolute atomic E-state index is 0.0588. The van der Waals surface area contributed by atoms with Crippen LogP contribution in [0.25, 0.3) is 10.8 Å². The predicted molar refractivity (Wildman–Crippen MR) is 155 cm³/mol. The number of primary amides is 1. The molecule has 0 saturated heterocycles. The molecule has 7 nitrogen and oxygen atoms in total. The van der Waals surface area contributed by atoms with Crippen molar-refractivity contribution in [3.05, 3.63) is 83.9 Å². The molecule has 0 fully saturated rings. The molecule has 3 aromatic rings. The quantitative estimate of drug-likeness (QED) is 0.202. The molecular formula is C32H41N3O4. The largest absolute Gasteiger partial charge is 0.461 e. The number of amides is 2. The molecule has 208 valence electrons. The molecule has 0 aliphatic heterocycles. The van der Waals surface area contributed by atoms with Crippen molar-refractivity contribution in [3.8, 4) is 0 Å². The summed E-state index contributed by atoms with van der Waals surface area (Å²) < 4.78 is 5.34. The van der Waals surface area contributed by atoms with Crippen molar-refractivity contribution < 1.29 is 19.1 Å². The Labute approximate surface area is 231 Å². The van der Waals surface area contributed by atoms with Crippen molar-refractivity contribution in [2.24, 2.45) is 11.5 Å². The second-order valence-electron chi connectivity index (χ2n) is 10.1. The summed E-state index contributed by atoms with van der Waals surface area (Å²) in [6.45, 7) is 2.83. The van der Waals surface area contributed by atoms with E-state index in [9.17, 15) is 14.4 Å². The number of esters is 1. The van der Waals surface area contributed by atoms with Gasteiger partial charge in [0.25, 0.3) is 0 Å². The number of fused-ring (bicyclic) bond motifs is 1. The van der Waals surface area contributed by atoms with E-state index in [0.717, 1.165) is 41.2 Å². The zero-order valence-corrected chi connectivity index (χ0v) is 22.9. The first-order valence-corrected chi connectivity index (χ1v) is 13.9. The molecule has 2 amide bonds. The van der Waals surface area contributed by atoms with E-state index >= 15 is 0 Å². The molecule has 2 atom stereocenters. The number of hydrogen-bond acceptors (Lipinski definition) is 5. The van der Waals surface area contributed by atoms with Gasteiger partial charge in [0.05, 0.1) is 6.04 Å². The van der Waals surface area contributed by atoms with Gasteiger partial charge in [-0.3, -0.25) is 14.4 Å². The highest BCUT2D eigenvalue weighted by molar-refractivity contribution is 5.84. The summed E-state index contributed by atoms with van der Waals surface area (Å²) in [6, 6.07) is 22.6. The molecule has 39 heavy (non-hydrogen) atoms. The second kappa shape index (κ2) is 15.6. The van der Waals surface area contributed by atoms with Gasteiger partial charge in [-0.25, -0.2) is 0 Å². The van der Waals surface area contributed by atoms with Gasteiger partial charge >= 0.3 is 5.97 Å². The zero-order valence-electron chi connectivity index (χ0n) is 22.9. The van der Waals surface area contributed by atoms with Gasteiger partial charge in [0.2, 0.25) is 11.8 Å². The summed E-state index contributed by atoms with van der Waals surface area (Å²) in [5.74, 6) is -0.985. The fraction of sp³-hybridized carbons (Fsp3) is 0.406. The maximum atomic E-state index is 13.6. The van der Waals surface area contributed by atoms with Crippen LogP contribution in [0, 0.1) is 0 Å². The molecule has 0 unspecified atom stereocenters. The lowest BCUT2D eigenvalue weighted by atomic mass is 9.97. The zero-order chi connectivity index (χ0) is 28.0. The highest BCUT2D eigenvalue weighted by Gasteiger charge is 2.29. The summed E-state index contributed by atoms with van der Waals surface area (Å²) in [5, 5.41) is 2.24. The fourth-order valence-electron chi connectivity index (χ4n) is 4.78. The van der Waals surface area contributed by atoms with Crippen molar-refractivity contribution >= 4 is 28.6 Å². The van der Waals surface area contributed by atoms with E-state index in [2.05, 4.69) is 25.1 Å². The van der Waals surface area contributed by atoms with Crippen molar-refractivity contribution in [2.75, 3.05) is 6.54 Å². The van der Waals surface area contributed by atoms with Gasteiger partial charge in [-0.15, -0.1) is 0 Å². The van der Waals surface area contributed by atoms with Crippen LogP contribution in [0.4, 0.5) is 0 Å². The van der Waals surface area contributed by atoms with Gasteiger partial charge in [0.15, 0.2) is 0 Å². The number of benzene rings is 3. The average Bonchev–Trinajstić information content (AvgIpc) is 2.94. The number of nitrogens with two attached hydrogens (primary N) is 2. The number of rotatable bonds is 16. The number of nitrogens with zero attached hydrogens (tertiary/aromatic N) is 1. The Kier molecular flexibility index (Phi) is 12.0. The van der Waals surface area contributed by atoms with Crippen LogP contribution in [0.3, 0.4) is 0 Å². The number of hydrogen-bond donors (Lipinski definition) is 2. The molecule has 0 saturated carbocycles. The van der Waals surface area contributed by atoms with E-state index in [-0.39, 0.29) is 31.3 Å². The number of unbranched alkanes of at least 4 members (excludes halogenated alkanes) is 2. The standard InChI is InChI=1S/C32H41N3O4/c1-2-3-9-19-35(28(22-30(34)36)21-25-17-18-26-13-7-8-14-27(26)20-25)32(38)29(33)15-10-16-31(37)39-23-24-11-5-4-6-12-24/h4-8,11-14,17-18,20,28-29H,2-3,9-10,15-16,19,21-23,33H2,1H3,(H2,34,36)/t28-,29-/m0/s1. The lowest BCUT2D eigenvalue weighted by molar-refractivity contribution is -0.145. The van der Waals surface area contributed by atoms with E-state index in [4.69, 9.17) is 16.2 Å². The summed E-state index contributed by atoms with van der Waals surface area (Å²) in [5.41, 5.74) is 13.9. The highest BCUT2D eigenvalue weighted by Crippen LogP contribution is 2.21. The van der Waals surface area contributed by atoms with E-state index in [0.29, 0.717) is 25.8 Å². The van der Waals surface area contributed by atoms with Crippen LogP contribution < -0.4 is 11.5 Å². The van der Waals surface area contributed by atoms with E-state index in [1.54, 1.807) is 4.90 Å². The Morgan fingerprint density at radius 1 is 0.872 bits per heavy atom. The summed E-state index contributed by atoms with van der Waals surface area (Å²) in [4.78, 5) is 39.6. The van der Waals surface area contributed by atoms with Crippen molar-refractivity contribution in [1.29, 1.82) is 0 Å². The highest BCUT2D eigenvalue weighted by atomic mass is 16.5. The molecule has 0 radical (unpaired) electrons. The molecule has 0 aliphatic rings. The van der Waals surface area contributed by atoms with Crippen LogP contribution in [0.2, 0.25) is 0 Å². The van der Waals surface area contributed by atoms with Gasteiger partial charge in [0.1, 0.15) is 6.61 Å². The second-order valence-corrected chi connectivity index (χ2v) is 10.1. The Balaban J connectivity index is 1.64. The summed E-state index contributed by atoms with van der Waals surface area (Å²) >= 11 is 0. The Morgan fingerprint density at radius 3 is 2.31 bits per heavy atom. The fourth-order valence-corrected chi connectivity index (χ4v) is 4.78. The van der Waals surface area contributed by atoms with Crippen LogP contribution in [0.1, 0.15) is 63.0 Å². The van der Waals surface area contributed by atoms with E-state index in [1.807, 2.05) is 54.6 Å². The first-order valence-electron chi connectivity index (χ1n) is 13.9. The van der Waals surface area contributed by atoms with Gasteiger partial charge in [0, 0.05) is 25.4 Å². The van der Waals surface area contributed by atoms with Gasteiger partial charge in [-0.2, -0.15) is 0 Å². The average molecular weight is 532 g/mol. The van der Waals surface area contributed by atoms with E-state index in [1.165, 1.54) is 0 Å². The summed E-state index contributed by atoms with van der Waals surface area (Å²) in [6.07, 6.45) is 4.32. The molecule has 0 bridgehead atoms. The third kappa shape index (κ3) is 9.84. The van der Waals surface area contributed by atoms with Crippen LogP contribution in [-0.4, -0.2) is 41.3 Å². The molecular weight excluding hydrogens is 490 g/mol. The lowest BCUT2D eigenvalue weighted by Crippen LogP contribution is -2.51. The lowest BCUT2D eigenvalue weighted by Gasteiger charge is -2.33. The van der Waals surface area contributed by atoms with Gasteiger partial charge < -0.3 is 21.1 Å². The van der Waals surface area contributed by atoms with Crippen molar-refractivity contribution in [3.63, 3.8) is 0 Å². The van der Waals surface area contributed by atoms with Crippen LogP contribution in [-0.2, 0) is 32.1 Å². The minimum Gasteiger partial charge on any atom is -0.461 e. The predicted octanol–water partition coefficient (Wildman–Crippen LogP) is 4.89. The SMILES string of the molecule is CCCCCN(C(=O)[C@@H](N)CCCC(=O)OCc1ccccc1)[C@H](CC(N)=O)Cc1ccc2ccccc2c1. The molecule has 7 heteroatoms. The normalized spacial score (nSPS) is 12.6. The maximum Gasteiger partial charge on any atom is 0.306 e. The Hall–Kier alpha value is -3.71. The number of carbonyl (C=O) groups excluding carboxylic acids is 3. The Morgan fingerprint density at radius 2 is 1.59 bits per heavy atom. The van der Waals surface area contributed by atoms with Crippen LogP contribution in [0.5, 0.6) is 0 Å². The third-order valence-corrected chi connectivity index (χ3v) is 6.90. The first kappa shape index (κ1) is 29.8. The van der Waals surface area contributed by atoms with Gasteiger partial charge in [-0.1, -0.05) is 92.6 Å². The maximum absolute atomic E-state index is 13.6. The first-order chi connectivity index (χ1) is 18.9. The number of carbonyl (C=O) groups is 3. The monoisotopic (exact) mass is 531 g/mol. The molecule has 0 heterocycles. The van der Waals surface area contributed by atoms with E-state index < -0.39 is 18.0 Å². The Bertz CT molecular complexity index is 1210. The topological polar surface area (TPSA) is 116 Å².